The van der Waals surface area contributed by atoms with Gasteiger partial charge in [-0.15, -0.1) is 0 Å². The van der Waals surface area contributed by atoms with Crippen molar-refractivity contribution < 1.29 is 19.4 Å². The number of β-amino-alcohol motifs (C(OH)–C–C–N with tert-alkyl or cyclic N) is 1. The van der Waals surface area contributed by atoms with Gasteiger partial charge < -0.3 is 20.1 Å². The number of nitrogens with one attached hydrogen (secondary N) is 1. The standard InChI is InChI=1S/C27H27ClN4O4/c1-31(2)25(34)23-14-19(33)15-32(23)27(20-13-18(28)5-6-22(20)30-26(27)35)21-12-17(4-7-24(21)36-3)16-8-10-29-11-9-16/h4-13,19,23,33H,14-15H2,1-3H3,(H,30,35)/t19-,23+,27?/m1/s1. The number of methoxy groups -OCH3 is 1. The van der Waals surface area contributed by atoms with Crippen LogP contribution < -0.4 is 10.1 Å². The number of pyridine rings is 1. The van der Waals surface area contributed by atoms with Crippen LogP contribution >= 0.6 is 11.6 Å². The fourth-order valence-electron chi connectivity index (χ4n) is 5.40. The number of hydrogen-bond acceptors (Lipinski definition) is 6. The van der Waals surface area contributed by atoms with Crippen molar-refractivity contribution in [2.45, 2.75) is 24.1 Å². The van der Waals surface area contributed by atoms with Crippen molar-refractivity contribution in [2.75, 3.05) is 33.1 Å². The van der Waals surface area contributed by atoms with Gasteiger partial charge in [0.2, 0.25) is 5.91 Å². The zero-order valence-electron chi connectivity index (χ0n) is 20.2. The average molecular weight is 507 g/mol. The normalized spacial score (nSPS) is 23.3. The van der Waals surface area contributed by atoms with E-state index < -0.39 is 17.7 Å². The maximum absolute atomic E-state index is 14.1. The van der Waals surface area contributed by atoms with Crippen LogP contribution in [0.3, 0.4) is 0 Å². The van der Waals surface area contributed by atoms with E-state index in [0.29, 0.717) is 27.6 Å². The van der Waals surface area contributed by atoms with Gasteiger partial charge in [-0.25, -0.2) is 0 Å². The Labute approximate surface area is 214 Å². The number of benzene rings is 2. The number of nitrogens with zero attached hydrogens (tertiary/aromatic N) is 3. The number of halogens is 1. The zero-order chi connectivity index (χ0) is 25.6. The molecule has 0 aliphatic carbocycles. The Kier molecular flexibility index (Phi) is 6.20. The molecule has 186 valence electrons. The van der Waals surface area contributed by atoms with E-state index in [1.54, 1.807) is 56.7 Å². The van der Waals surface area contributed by atoms with E-state index in [1.807, 2.05) is 30.3 Å². The van der Waals surface area contributed by atoms with Crippen molar-refractivity contribution in [2.24, 2.45) is 0 Å². The number of likely N-dealkylation sites (tertiary alicyclic amines) is 1. The predicted octanol–water partition coefficient (Wildman–Crippen LogP) is 3.13. The monoisotopic (exact) mass is 506 g/mol. The molecule has 8 nitrogen and oxygen atoms in total. The minimum atomic E-state index is -1.47. The molecule has 1 unspecified atom stereocenters. The van der Waals surface area contributed by atoms with Gasteiger partial charge in [-0.05, 0) is 60.0 Å². The van der Waals surface area contributed by atoms with Crippen molar-refractivity contribution in [1.82, 2.24) is 14.8 Å². The van der Waals surface area contributed by atoms with Gasteiger partial charge in [-0.3, -0.25) is 19.5 Å². The van der Waals surface area contributed by atoms with Crippen LogP contribution in [0.2, 0.25) is 5.02 Å². The van der Waals surface area contributed by atoms with E-state index in [4.69, 9.17) is 16.3 Å². The molecular weight excluding hydrogens is 480 g/mol. The third-order valence-electron chi connectivity index (χ3n) is 6.99. The number of carbonyl (C=O) groups excluding carboxylic acids is 2. The Morgan fingerprint density at radius 1 is 1.14 bits per heavy atom. The van der Waals surface area contributed by atoms with E-state index in [-0.39, 0.29) is 24.8 Å². The van der Waals surface area contributed by atoms with E-state index in [9.17, 15) is 14.7 Å². The topological polar surface area (TPSA) is 95.0 Å². The van der Waals surface area contributed by atoms with Gasteiger partial charge in [0.25, 0.3) is 5.91 Å². The first-order valence-electron chi connectivity index (χ1n) is 11.6. The van der Waals surface area contributed by atoms with Crippen LogP contribution in [0, 0.1) is 0 Å². The summed E-state index contributed by atoms with van der Waals surface area (Å²) < 4.78 is 5.79. The molecular formula is C27H27ClN4O4. The van der Waals surface area contributed by atoms with Gasteiger partial charge in [-0.2, -0.15) is 0 Å². The number of aromatic nitrogens is 1. The van der Waals surface area contributed by atoms with Crippen LogP contribution in [0.25, 0.3) is 11.1 Å². The maximum Gasteiger partial charge on any atom is 0.254 e. The highest BCUT2D eigenvalue weighted by atomic mass is 35.5. The van der Waals surface area contributed by atoms with Gasteiger partial charge >= 0.3 is 0 Å². The third-order valence-corrected chi connectivity index (χ3v) is 7.22. The van der Waals surface area contributed by atoms with Crippen LogP contribution in [0.4, 0.5) is 5.69 Å². The first kappa shape index (κ1) is 24.2. The van der Waals surface area contributed by atoms with Gasteiger partial charge in [-0.1, -0.05) is 17.7 Å². The maximum atomic E-state index is 14.1. The van der Waals surface area contributed by atoms with Gasteiger partial charge in [0.05, 0.1) is 19.3 Å². The van der Waals surface area contributed by atoms with Crippen LogP contribution in [0.1, 0.15) is 17.5 Å². The summed E-state index contributed by atoms with van der Waals surface area (Å²) in [6.45, 7) is 0.117. The number of rotatable bonds is 5. The molecule has 2 N–H and O–H groups in total. The molecule has 9 heteroatoms. The fourth-order valence-corrected chi connectivity index (χ4v) is 5.57. The largest absolute Gasteiger partial charge is 0.496 e. The molecule has 2 aliphatic heterocycles. The Hall–Kier alpha value is -3.46. The number of aliphatic hydroxyl groups excluding tert-OH is 1. The van der Waals surface area contributed by atoms with E-state index in [2.05, 4.69) is 10.3 Å². The molecule has 1 saturated heterocycles. The lowest BCUT2D eigenvalue weighted by Crippen LogP contribution is -2.57. The molecule has 3 aromatic rings. The number of fused-ring (bicyclic) bond motifs is 1. The second-order valence-corrected chi connectivity index (χ2v) is 9.73. The van der Waals surface area contributed by atoms with Gasteiger partial charge in [0.1, 0.15) is 5.75 Å². The summed E-state index contributed by atoms with van der Waals surface area (Å²) in [5, 5.41) is 14.2. The van der Waals surface area contributed by atoms with Crippen LogP contribution in [0.15, 0.2) is 60.9 Å². The molecule has 2 aromatic carbocycles. The molecule has 3 atom stereocenters. The highest BCUT2D eigenvalue weighted by Gasteiger charge is 2.59. The summed E-state index contributed by atoms with van der Waals surface area (Å²) in [6.07, 6.45) is 2.82. The smallest absolute Gasteiger partial charge is 0.254 e. The number of amides is 2. The number of likely N-dealkylation sites (N-methyl/N-ethyl adjacent to an activating group) is 1. The van der Waals surface area contributed by atoms with Crippen LogP contribution in [0.5, 0.6) is 5.75 Å². The number of carbonyl (C=O) groups is 2. The Bertz CT molecular complexity index is 1330. The van der Waals surface area contributed by atoms with Crippen molar-refractivity contribution >= 4 is 29.1 Å². The van der Waals surface area contributed by atoms with Crippen LogP contribution in [-0.4, -0.2) is 71.6 Å². The summed E-state index contributed by atoms with van der Waals surface area (Å²) in [5.74, 6) is -0.0534. The number of anilines is 1. The zero-order valence-corrected chi connectivity index (χ0v) is 21.0. The Morgan fingerprint density at radius 2 is 1.89 bits per heavy atom. The third kappa shape index (κ3) is 3.73. The van der Waals surface area contributed by atoms with Crippen molar-refractivity contribution in [3.8, 4) is 16.9 Å². The summed E-state index contributed by atoms with van der Waals surface area (Å²) in [4.78, 5) is 34.9. The molecule has 0 spiro atoms. The number of ether oxygens (including phenoxy) is 1. The average Bonchev–Trinajstić information content (AvgIpc) is 3.40. The quantitative estimate of drug-likeness (QED) is 0.552. The van der Waals surface area contributed by atoms with Crippen molar-refractivity contribution in [3.63, 3.8) is 0 Å². The molecule has 2 amide bonds. The first-order valence-corrected chi connectivity index (χ1v) is 12.0. The first-order chi connectivity index (χ1) is 17.3. The van der Waals surface area contributed by atoms with Crippen molar-refractivity contribution in [3.05, 3.63) is 77.1 Å². The number of hydrogen-bond donors (Lipinski definition) is 2. The van der Waals surface area contributed by atoms with E-state index >= 15 is 0 Å². The molecule has 5 rings (SSSR count). The highest BCUT2D eigenvalue weighted by Crippen LogP contribution is 2.52. The second-order valence-electron chi connectivity index (χ2n) is 9.30. The SMILES string of the molecule is COc1ccc(-c2ccncc2)cc1C1(N2C[C@H](O)C[C@H]2C(=O)N(C)C)C(=O)Nc2ccc(Cl)cc21. The molecule has 0 bridgehead atoms. The Balaban J connectivity index is 1.83. The Morgan fingerprint density at radius 3 is 2.58 bits per heavy atom. The predicted molar refractivity (Wildman–Crippen MR) is 137 cm³/mol. The summed E-state index contributed by atoms with van der Waals surface area (Å²) in [7, 11) is 4.88. The van der Waals surface area contributed by atoms with E-state index in [1.165, 1.54) is 4.90 Å². The molecule has 2 aliphatic rings. The van der Waals surface area contributed by atoms with Gasteiger partial charge in [0.15, 0.2) is 5.54 Å². The molecule has 1 aromatic heterocycles. The van der Waals surface area contributed by atoms with Crippen LogP contribution in [-0.2, 0) is 15.1 Å². The fraction of sp³-hybridized carbons (Fsp3) is 0.296. The molecule has 1 fully saturated rings. The van der Waals surface area contributed by atoms with E-state index in [0.717, 1.165) is 11.1 Å². The molecule has 0 radical (unpaired) electrons. The van der Waals surface area contributed by atoms with Gasteiger partial charge in [0, 0.05) is 54.9 Å². The minimum Gasteiger partial charge on any atom is -0.496 e. The summed E-state index contributed by atoms with van der Waals surface area (Å²) in [6, 6.07) is 13.9. The summed E-state index contributed by atoms with van der Waals surface area (Å²) >= 11 is 6.45. The number of aliphatic hydroxyl groups is 1. The molecule has 36 heavy (non-hydrogen) atoms. The molecule has 3 heterocycles. The summed E-state index contributed by atoms with van der Waals surface area (Å²) in [5.41, 5.74) is 2.06. The van der Waals surface area contributed by atoms with Crippen molar-refractivity contribution in [1.29, 1.82) is 0 Å². The lowest BCUT2D eigenvalue weighted by Gasteiger charge is -2.41. The lowest BCUT2D eigenvalue weighted by molar-refractivity contribution is -0.138. The minimum absolute atomic E-state index is 0.117. The highest BCUT2D eigenvalue weighted by molar-refractivity contribution is 6.31. The lowest BCUT2D eigenvalue weighted by atomic mass is 9.79. The second kappa shape index (κ2) is 9.20. The molecule has 0 saturated carbocycles.